The van der Waals surface area contributed by atoms with Crippen molar-refractivity contribution in [2.45, 2.75) is 0 Å². The largest absolute Gasteiger partial charge is 0.491 e. The van der Waals surface area contributed by atoms with E-state index >= 15 is 0 Å². The zero-order valence-corrected chi connectivity index (χ0v) is 6.56. The van der Waals surface area contributed by atoms with E-state index in [1.807, 2.05) is 0 Å². The molecule has 0 unspecified atom stereocenters. The molecule has 4 nitrogen and oxygen atoms in total. The van der Waals surface area contributed by atoms with E-state index in [9.17, 15) is 4.79 Å². The molecule has 0 aliphatic carbocycles. The average Bonchev–Trinajstić information content (AvgIpc) is 2.15. The number of nitrogens with zero attached hydrogens (tertiary/aromatic N) is 1. The number of nitrogens with two attached hydrogens (primary N) is 1. The van der Waals surface area contributed by atoms with Crippen molar-refractivity contribution >= 4 is 6.29 Å². The Kier molecular flexibility index (Phi) is 3.22. The van der Waals surface area contributed by atoms with Crippen LogP contribution in [0, 0.1) is 0 Å². The van der Waals surface area contributed by atoms with Crippen molar-refractivity contribution in [1.29, 1.82) is 0 Å². The zero-order chi connectivity index (χ0) is 8.81. The van der Waals surface area contributed by atoms with Gasteiger partial charge in [-0.1, -0.05) is 0 Å². The maximum absolute atomic E-state index is 10.3. The Bertz CT molecular complexity index is 263. The summed E-state index contributed by atoms with van der Waals surface area (Å²) in [6, 6.07) is 1.62. The van der Waals surface area contributed by atoms with Gasteiger partial charge in [-0.25, -0.2) is 0 Å². The molecule has 0 bridgehead atoms. The van der Waals surface area contributed by atoms with Gasteiger partial charge in [0.2, 0.25) is 0 Å². The van der Waals surface area contributed by atoms with Gasteiger partial charge in [0.25, 0.3) is 0 Å². The Labute approximate surface area is 70.4 Å². The second kappa shape index (κ2) is 4.46. The minimum Gasteiger partial charge on any atom is -0.491 e. The normalized spacial score (nSPS) is 9.42. The third kappa shape index (κ3) is 2.32. The highest BCUT2D eigenvalue weighted by atomic mass is 16.5. The first-order chi connectivity index (χ1) is 5.86. The van der Waals surface area contributed by atoms with Crippen LogP contribution < -0.4 is 10.5 Å². The highest BCUT2D eigenvalue weighted by molar-refractivity contribution is 5.74. The fourth-order valence-corrected chi connectivity index (χ4v) is 0.756. The third-order valence-electron chi connectivity index (χ3n) is 1.26. The Morgan fingerprint density at radius 1 is 1.58 bits per heavy atom. The van der Waals surface area contributed by atoms with E-state index in [-0.39, 0.29) is 0 Å². The molecular formula is C8H10N2O2. The molecule has 0 aliphatic heterocycles. The Balaban J connectivity index is 2.66. The van der Waals surface area contributed by atoms with Gasteiger partial charge in [-0.2, -0.15) is 0 Å². The number of hydrogen-bond donors (Lipinski definition) is 1. The van der Waals surface area contributed by atoms with E-state index in [0.29, 0.717) is 24.5 Å². The molecule has 1 rings (SSSR count). The van der Waals surface area contributed by atoms with Crippen LogP contribution in [0.2, 0.25) is 0 Å². The van der Waals surface area contributed by atoms with E-state index in [1.165, 1.54) is 6.20 Å². The van der Waals surface area contributed by atoms with Crippen LogP contribution in [0.5, 0.6) is 5.75 Å². The molecule has 0 saturated heterocycles. The lowest BCUT2D eigenvalue weighted by molar-refractivity contribution is 0.112. The average molecular weight is 166 g/mol. The standard InChI is InChI=1S/C8H10N2O2/c9-1-2-12-8-3-7(6-11)4-10-5-8/h3-6H,1-2,9H2. The molecule has 12 heavy (non-hydrogen) atoms. The monoisotopic (exact) mass is 166 g/mol. The molecule has 0 radical (unpaired) electrons. The number of rotatable bonds is 4. The summed E-state index contributed by atoms with van der Waals surface area (Å²) in [6.07, 6.45) is 3.74. The third-order valence-corrected chi connectivity index (χ3v) is 1.26. The van der Waals surface area contributed by atoms with Gasteiger partial charge in [0.15, 0.2) is 6.29 Å². The molecule has 0 aromatic carbocycles. The van der Waals surface area contributed by atoms with Gasteiger partial charge >= 0.3 is 0 Å². The SMILES string of the molecule is NCCOc1cncc(C=O)c1. The van der Waals surface area contributed by atoms with Gasteiger partial charge in [-0.3, -0.25) is 9.78 Å². The molecule has 2 N–H and O–H groups in total. The number of ether oxygens (including phenoxy) is 1. The lowest BCUT2D eigenvalue weighted by Gasteiger charge is -2.02. The van der Waals surface area contributed by atoms with E-state index in [4.69, 9.17) is 10.5 Å². The summed E-state index contributed by atoms with van der Waals surface area (Å²) in [6.45, 7) is 0.884. The van der Waals surface area contributed by atoms with Crippen molar-refractivity contribution in [3.8, 4) is 5.75 Å². The quantitative estimate of drug-likeness (QED) is 0.650. The summed E-state index contributed by atoms with van der Waals surface area (Å²) in [7, 11) is 0. The van der Waals surface area contributed by atoms with E-state index < -0.39 is 0 Å². The highest BCUT2D eigenvalue weighted by Crippen LogP contribution is 2.08. The first-order valence-corrected chi connectivity index (χ1v) is 3.60. The lowest BCUT2D eigenvalue weighted by atomic mass is 10.3. The van der Waals surface area contributed by atoms with Gasteiger partial charge < -0.3 is 10.5 Å². The molecule has 0 amide bonds. The molecule has 0 spiro atoms. The fraction of sp³-hybridized carbons (Fsp3) is 0.250. The van der Waals surface area contributed by atoms with Crippen LogP contribution in [0.1, 0.15) is 10.4 Å². The van der Waals surface area contributed by atoms with Crippen LogP contribution in [0.15, 0.2) is 18.5 Å². The van der Waals surface area contributed by atoms with E-state index in [1.54, 1.807) is 12.3 Å². The number of aromatic nitrogens is 1. The van der Waals surface area contributed by atoms with Crippen LogP contribution in [-0.2, 0) is 0 Å². The molecule has 0 fully saturated rings. The van der Waals surface area contributed by atoms with Crippen molar-refractivity contribution in [3.63, 3.8) is 0 Å². The van der Waals surface area contributed by atoms with Crippen LogP contribution in [0.3, 0.4) is 0 Å². The highest BCUT2D eigenvalue weighted by Gasteiger charge is 1.94. The summed E-state index contributed by atoms with van der Waals surface area (Å²) in [4.78, 5) is 14.1. The van der Waals surface area contributed by atoms with Gasteiger partial charge in [0.05, 0.1) is 6.20 Å². The minimum absolute atomic E-state index is 0.435. The Morgan fingerprint density at radius 3 is 3.08 bits per heavy atom. The van der Waals surface area contributed by atoms with Gasteiger partial charge in [0.1, 0.15) is 12.4 Å². The molecule has 1 heterocycles. The topological polar surface area (TPSA) is 65.2 Å². The number of aldehydes is 1. The number of carbonyl (C=O) groups is 1. The van der Waals surface area contributed by atoms with E-state index in [2.05, 4.69) is 4.98 Å². The predicted octanol–water partition coefficient (Wildman–Crippen LogP) is 0.232. The van der Waals surface area contributed by atoms with Crippen LogP contribution in [-0.4, -0.2) is 24.4 Å². The molecular weight excluding hydrogens is 156 g/mol. The zero-order valence-electron chi connectivity index (χ0n) is 6.56. The van der Waals surface area contributed by atoms with Crippen molar-refractivity contribution in [2.75, 3.05) is 13.2 Å². The van der Waals surface area contributed by atoms with Crippen LogP contribution in [0.4, 0.5) is 0 Å². The number of pyridine rings is 1. The Hall–Kier alpha value is -1.42. The summed E-state index contributed by atoms with van der Waals surface area (Å²) in [5.41, 5.74) is 5.74. The van der Waals surface area contributed by atoms with Crippen molar-refractivity contribution in [3.05, 3.63) is 24.0 Å². The van der Waals surface area contributed by atoms with Crippen LogP contribution >= 0.6 is 0 Å². The first kappa shape index (κ1) is 8.67. The second-order valence-electron chi connectivity index (χ2n) is 2.21. The van der Waals surface area contributed by atoms with Gasteiger partial charge in [-0.15, -0.1) is 0 Å². The summed E-state index contributed by atoms with van der Waals surface area (Å²) < 4.78 is 5.15. The summed E-state index contributed by atoms with van der Waals surface area (Å²) >= 11 is 0. The first-order valence-electron chi connectivity index (χ1n) is 3.60. The van der Waals surface area contributed by atoms with Crippen molar-refractivity contribution < 1.29 is 9.53 Å². The summed E-state index contributed by atoms with van der Waals surface area (Å²) in [5, 5.41) is 0. The second-order valence-corrected chi connectivity index (χ2v) is 2.21. The number of carbonyl (C=O) groups excluding carboxylic acids is 1. The lowest BCUT2D eigenvalue weighted by Crippen LogP contribution is -2.10. The van der Waals surface area contributed by atoms with Crippen molar-refractivity contribution in [1.82, 2.24) is 4.98 Å². The van der Waals surface area contributed by atoms with Crippen LogP contribution in [0.25, 0.3) is 0 Å². The van der Waals surface area contributed by atoms with E-state index in [0.717, 1.165) is 6.29 Å². The maximum atomic E-state index is 10.3. The predicted molar refractivity (Wildman–Crippen MR) is 44.2 cm³/mol. The molecule has 0 atom stereocenters. The molecule has 0 aliphatic rings. The Morgan fingerprint density at radius 2 is 2.42 bits per heavy atom. The van der Waals surface area contributed by atoms with Crippen molar-refractivity contribution in [2.24, 2.45) is 5.73 Å². The molecule has 0 saturated carbocycles. The smallest absolute Gasteiger partial charge is 0.151 e. The molecule has 4 heteroatoms. The molecule has 1 aromatic heterocycles. The molecule has 64 valence electrons. The van der Waals surface area contributed by atoms with Gasteiger partial charge in [0, 0.05) is 18.3 Å². The maximum Gasteiger partial charge on any atom is 0.151 e. The minimum atomic E-state index is 0.435. The fourth-order valence-electron chi connectivity index (χ4n) is 0.756. The number of hydrogen-bond acceptors (Lipinski definition) is 4. The molecule has 1 aromatic rings. The summed E-state index contributed by atoms with van der Waals surface area (Å²) in [5.74, 6) is 0.574. The van der Waals surface area contributed by atoms with Gasteiger partial charge in [-0.05, 0) is 6.07 Å².